The predicted octanol–water partition coefficient (Wildman–Crippen LogP) is 2.82. The smallest absolute Gasteiger partial charge is 0.242 e. The highest BCUT2D eigenvalue weighted by Gasteiger charge is 2.38. The summed E-state index contributed by atoms with van der Waals surface area (Å²) in [6.07, 6.45) is 0.174. The minimum Gasteiger partial charge on any atom is -0.356 e. The molecule has 0 unspecified atom stereocenters. The number of nitrogens with zero attached hydrogens (tertiary/aromatic N) is 2. The average molecular weight is 340 g/mol. The molecule has 0 spiro atoms. The Hall–Kier alpha value is -1.53. The van der Waals surface area contributed by atoms with Crippen LogP contribution in [-0.2, 0) is 9.59 Å². The van der Waals surface area contributed by atoms with Gasteiger partial charge in [-0.15, -0.1) is 0 Å². The fourth-order valence-corrected chi connectivity index (χ4v) is 3.43. The average Bonchev–Trinajstić information content (AvgIpc) is 2.77. The van der Waals surface area contributed by atoms with Gasteiger partial charge in [-0.1, -0.05) is 23.4 Å². The third-order valence-electron chi connectivity index (χ3n) is 3.13. The van der Waals surface area contributed by atoms with E-state index in [0.717, 1.165) is 5.69 Å². The lowest BCUT2D eigenvalue weighted by atomic mass is 10.2. The molecule has 1 aliphatic rings. The molecule has 0 saturated carbocycles. The van der Waals surface area contributed by atoms with Crippen LogP contribution in [-0.4, -0.2) is 40.2 Å². The van der Waals surface area contributed by atoms with E-state index < -0.39 is 5.25 Å². The van der Waals surface area contributed by atoms with Gasteiger partial charge < -0.3 is 5.32 Å². The van der Waals surface area contributed by atoms with Gasteiger partial charge in [0.25, 0.3) is 0 Å². The number of carbonyl (C=O) groups excluding carboxylic acids is 2. The molecule has 1 fully saturated rings. The molecule has 2 amide bonds. The van der Waals surface area contributed by atoms with Crippen LogP contribution in [0.25, 0.3) is 0 Å². The van der Waals surface area contributed by atoms with Crippen LogP contribution in [0.4, 0.5) is 5.69 Å². The molecule has 1 aliphatic heterocycles. The van der Waals surface area contributed by atoms with Gasteiger partial charge in [-0.05, 0) is 38.1 Å². The maximum absolute atomic E-state index is 12.4. The highest BCUT2D eigenvalue weighted by molar-refractivity contribution is 8.15. The molecule has 1 N–H and O–H groups in total. The maximum atomic E-state index is 12.4. The fourth-order valence-electron chi connectivity index (χ4n) is 2.08. The van der Waals surface area contributed by atoms with Crippen LogP contribution in [0.5, 0.6) is 0 Å². The SMILES string of the molecule is CCNC(=O)C[C@@H]1SC(=Nc2ccc(Cl)cc2)N(CC)C1=O. The van der Waals surface area contributed by atoms with Crippen molar-refractivity contribution in [3.63, 3.8) is 0 Å². The summed E-state index contributed by atoms with van der Waals surface area (Å²) in [5.41, 5.74) is 0.733. The van der Waals surface area contributed by atoms with E-state index in [1.165, 1.54) is 11.8 Å². The molecule has 0 aliphatic carbocycles. The van der Waals surface area contributed by atoms with Gasteiger partial charge in [-0.2, -0.15) is 0 Å². The van der Waals surface area contributed by atoms with E-state index in [4.69, 9.17) is 11.6 Å². The number of thioether (sulfide) groups is 1. The Morgan fingerprint density at radius 1 is 1.36 bits per heavy atom. The van der Waals surface area contributed by atoms with Crippen LogP contribution >= 0.6 is 23.4 Å². The number of carbonyl (C=O) groups is 2. The van der Waals surface area contributed by atoms with Gasteiger partial charge >= 0.3 is 0 Å². The number of hydrogen-bond acceptors (Lipinski definition) is 4. The molecule has 0 radical (unpaired) electrons. The Morgan fingerprint density at radius 3 is 2.64 bits per heavy atom. The molecule has 22 heavy (non-hydrogen) atoms. The first-order chi connectivity index (χ1) is 10.5. The summed E-state index contributed by atoms with van der Waals surface area (Å²) in [5, 5.41) is 3.58. The highest BCUT2D eigenvalue weighted by Crippen LogP contribution is 2.31. The van der Waals surface area contributed by atoms with E-state index in [-0.39, 0.29) is 18.2 Å². The molecule has 1 aromatic rings. The van der Waals surface area contributed by atoms with Crippen molar-refractivity contribution in [2.24, 2.45) is 4.99 Å². The molecule has 1 aromatic carbocycles. The van der Waals surface area contributed by atoms with Crippen LogP contribution in [0.1, 0.15) is 20.3 Å². The van der Waals surface area contributed by atoms with Crippen LogP contribution in [0.15, 0.2) is 29.3 Å². The molecule has 1 heterocycles. The number of benzene rings is 1. The topological polar surface area (TPSA) is 61.8 Å². The second-order valence-corrected chi connectivity index (χ2v) is 6.32. The summed E-state index contributed by atoms with van der Waals surface area (Å²) < 4.78 is 0. The van der Waals surface area contributed by atoms with Crippen molar-refractivity contribution < 1.29 is 9.59 Å². The summed E-state index contributed by atoms with van der Waals surface area (Å²) in [6.45, 7) is 4.84. The monoisotopic (exact) mass is 339 g/mol. The lowest BCUT2D eigenvalue weighted by Gasteiger charge is -2.13. The Bertz CT molecular complexity index is 589. The van der Waals surface area contributed by atoms with E-state index in [1.807, 2.05) is 13.8 Å². The second kappa shape index (κ2) is 7.65. The van der Waals surface area contributed by atoms with Crippen LogP contribution in [0.3, 0.4) is 0 Å². The second-order valence-electron chi connectivity index (χ2n) is 4.72. The van der Waals surface area contributed by atoms with Gasteiger partial charge in [-0.3, -0.25) is 14.5 Å². The van der Waals surface area contributed by atoms with Crippen LogP contribution in [0.2, 0.25) is 5.02 Å². The highest BCUT2D eigenvalue weighted by atomic mass is 35.5. The van der Waals surface area contributed by atoms with E-state index >= 15 is 0 Å². The Balaban J connectivity index is 2.16. The largest absolute Gasteiger partial charge is 0.356 e. The molecule has 7 heteroatoms. The van der Waals surface area contributed by atoms with Crippen molar-refractivity contribution in [2.45, 2.75) is 25.5 Å². The minimum absolute atomic E-state index is 0.0635. The molecule has 118 valence electrons. The number of amides is 2. The van der Waals surface area contributed by atoms with E-state index in [9.17, 15) is 9.59 Å². The zero-order chi connectivity index (χ0) is 16.1. The van der Waals surface area contributed by atoms with Crippen molar-refractivity contribution in [1.29, 1.82) is 0 Å². The first kappa shape index (κ1) is 16.8. The van der Waals surface area contributed by atoms with E-state index in [2.05, 4.69) is 10.3 Å². The third-order valence-corrected chi connectivity index (χ3v) is 4.56. The predicted molar refractivity (Wildman–Crippen MR) is 90.6 cm³/mol. The van der Waals surface area contributed by atoms with Crippen molar-refractivity contribution in [3.05, 3.63) is 29.3 Å². The molecule has 2 rings (SSSR count). The molecule has 0 bridgehead atoms. The maximum Gasteiger partial charge on any atom is 0.242 e. The molecular formula is C15H18ClN3O2S. The summed E-state index contributed by atoms with van der Waals surface area (Å²) >= 11 is 7.19. The van der Waals surface area contributed by atoms with Gasteiger partial charge in [0.2, 0.25) is 11.8 Å². The van der Waals surface area contributed by atoms with Crippen molar-refractivity contribution in [1.82, 2.24) is 10.2 Å². The fraction of sp³-hybridized carbons (Fsp3) is 0.400. The zero-order valence-corrected chi connectivity index (χ0v) is 14.1. The number of aliphatic imine (C=N–C) groups is 1. The summed E-state index contributed by atoms with van der Waals surface area (Å²) in [5.74, 6) is -0.177. The van der Waals surface area contributed by atoms with E-state index in [1.54, 1.807) is 29.2 Å². The Kier molecular flexibility index (Phi) is 5.85. The Labute approximate surface area is 139 Å². The summed E-state index contributed by atoms with van der Waals surface area (Å²) in [4.78, 5) is 30.2. The van der Waals surface area contributed by atoms with Crippen molar-refractivity contribution >= 4 is 46.0 Å². The van der Waals surface area contributed by atoms with Crippen molar-refractivity contribution in [3.8, 4) is 0 Å². The van der Waals surface area contributed by atoms with Gasteiger partial charge in [0.1, 0.15) is 5.25 Å². The normalized spacial score (nSPS) is 19.8. The number of amidine groups is 1. The van der Waals surface area contributed by atoms with Crippen LogP contribution in [0, 0.1) is 0 Å². The van der Waals surface area contributed by atoms with Gasteiger partial charge in [0.05, 0.1) is 5.69 Å². The molecule has 5 nitrogen and oxygen atoms in total. The number of nitrogens with one attached hydrogen (secondary N) is 1. The van der Waals surface area contributed by atoms with Crippen molar-refractivity contribution in [2.75, 3.05) is 13.1 Å². The first-order valence-electron chi connectivity index (χ1n) is 7.14. The summed E-state index contributed by atoms with van der Waals surface area (Å²) in [7, 11) is 0. The number of hydrogen-bond donors (Lipinski definition) is 1. The lowest BCUT2D eigenvalue weighted by molar-refractivity contribution is -0.129. The molecule has 1 atom stereocenters. The van der Waals surface area contributed by atoms with Gasteiger partial charge in [-0.25, -0.2) is 4.99 Å². The summed E-state index contributed by atoms with van der Waals surface area (Å²) in [6, 6.07) is 7.10. The first-order valence-corrected chi connectivity index (χ1v) is 8.39. The standard InChI is InChI=1S/C15H18ClN3O2S/c1-3-17-13(20)9-12-14(21)19(4-2)15(22-12)18-11-7-5-10(16)6-8-11/h5-8,12H,3-4,9H2,1-2H3,(H,17,20)/t12-/m0/s1. The third kappa shape index (κ3) is 4.01. The Morgan fingerprint density at radius 2 is 2.05 bits per heavy atom. The minimum atomic E-state index is -0.405. The molecule has 1 saturated heterocycles. The van der Waals surface area contributed by atoms with Crippen LogP contribution < -0.4 is 5.32 Å². The lowest BCUT2D eigenvalue weighted by Crippen LogP contribution is -2.34. The van der Waals surface area contributed by atoms with E-state index in [0.29, 0.717) is 23.3 Å². The molecular weight excluding hydrogens is 322 g/mol. The molecule has 0 aromatic heterocycles. The number of halogens is 1. The van der Waals surface area contributed by atoms with Gasteiger partial charge in [0.15, 0.2) is 5.17 Å². The number of rotatable bonds is 5. The zero-order valence-electron chi connectivity index (χ0n) is 12.5. The quantitative estimate of drug-likeness (QED) is 0.897. The van der Waals surface area contributed by atoms with Gasteiger partial charge in [0, 0.05) is 24.5 Å².